The van der Waals surface area contributed by atoms with Crippen molar-refractivity contribution in [2.45, 2.75) is 39.0 Å². The van der Waals surface area contributed by atoms with Gasteiger partial charge in [0, 0.05) is 30.1 Å². The number of aryl methyl sites for hydroxylation is 1. The molecule has 1 atom stereocenters. The molecular weight excluding hydrogens is 422 g/mol. The van der Waals surface area contributed by atoms with Gasteiger partial charge in [-0.25, -0.2) is 4.68 Å². The number of nitrogens with zero attached hydrogens (tertiary/aromatic N) is 4. The van der Waals surface area contributed by atoms with Crippen LogP contribution in [0.5, 0.6) is 0 Å². The first-order valence-electron chi connectivity index (χ1n) is 11.7. The monoisotopic (exact) mass is 449 g/mol. The Bertz CT molecular complexity index is 1320. The van der Waals surface area contributed by atoms with Gasteiger partial charge >= 0.3 is 0 Å². The zero-order chi connectivity index (χ0) is 23.3. The number of benzene rings is 2. The maximum Gasteiger partial charge on any atom is 0.150 e. The standard InChI is InChI=1S/C28H27N5O/c1-20-13-21(16-29)10-11-26(20)23-14-24(18-30-17-23)31-19-25-15-27(22-7-3-2-4-8-22)32-33(25)28-9-5-6-12-34-28/h2-4,7-8,10-11,13-15,17-18,28,31H,5-6,9,12,19H2,1H3. The van der Waals surface area contributed by atoms with Crippen molar-refractivity contribution in [2.75, 3.05) is 11.9 Å². The normalized spacial score (nSPS) is 15.6. The van der Waals surface area contributed by atoms with Crippen molar-refractivity contribution in [2.24, 2.45) is 0 Å². The van der Waals surface area contributed by atoms with Crippen LogP contribution in [-0.4, -0.2) is 21.4 Å². The molecule has 0 amide bonds. The first-order valence-corrected chi connectivity index (χ1v) is 11.7. The summed E-state index contributed by atoms with van der Waals surface area (Å²) in [6.07, 6.45) is 6.87. The minimum absolute atomic E-state index is 0.0335. The minimum Gasteiger partial charge on any atom is -0.378 e. The van der Waals surface area contributed by atoms with Gasteiger partial charge in [0.25, 0.3) is 0 Å². The highest BCUT2D eigenvalue weighted by molar-refractivity contribution is 5.70. The SMILES string of the molecule is Cc1cc(C#N)ccc1-c1cncc(NCc2cc(-c3ccccc3)nn2C2CCCCO2)c1. The highest BCUT2D eigenvalue weighted by atomic mass is 16.5. The number of rotatable bonds is 6. The van der Waals surface area contributed by atoms with E-state index in [1.165, 1.54) is 0 Å². The highest BCUT2D eigenvalue weighted by Gasteiger charge is 2.21. The molecule has 0 radical (unpaired) electrons. The van der Waals surface area contributed by atoms with Crippen molar-refractivity contribution >= 4 is 5.69 Å². The second-order valence-corrected chi connectivity index (χ2v) is 8.61. The molecule has 6 heteroatoms. The van der Waals surface area contributed by atoms with Gasteiger partial charge in [0.05, 0.1) is 35.3 Å². The van der Waals surface area contributed by atoms with Gasteiger partial charge < -0.3 is 10.1 Å². The van der Waals surface area contributed by atoms with Crippen molar-refractivity contribution in [3.8, 4) is 28.5 Å². The zero-order valence-electron chi connectivity index (χ0n) is 19.2. The smallest absolute Gasteiger partial charge is 0.150 e. The van der Waals surface area contributed by atoms with Crippen molar-refractivity contribution in [1.29, 1.82) is 5.26 Å². The molecule has 0 aliphatic carbocycles. The first-order chi connectivity index (χ1) is 16.7. The lowest BCUT2D eigenvalue weighted by Crippen LogP contribution is -2.22. The molecule has 2 aromatic heterocycles. The van der Waals surface area contributed by atoms with E-state index in [4.69, 9.17) is 15.1 Å². The molecule has 0 spiro atoms. The molecule has 1 aliphatic heterocycles. The van der Waals surface area contributed by atoms with Gasteiger partial charge in [-0.15, -0.1) is 0 Å². The molecule has 3 heterocycles. The second-order valence-electron chi connectivity index (χ2n) is 8.61. The summed E-state index contributed by atoms with van der Waals surface area (Å²) >= 11 is 0. The predicted octanol–water partition coefficient (Wildman–Crippen LogP) is 6.10. The fourth-order valence-corrected chi connectivity index (χ4v) is 4.41. The molecule has 5 rings (SSSR count). The van der Waals surface area contributed by atoms with Crippen LogP contribution in [0.2, 0.25) is 0 Å². The number of nitriles is 1. The van der Waals surface area contributed by atoms with Crippen molar-refractivity contribution in [3.63, 3.8) is 0 Å². The number of anilines is 1. The minimum atomic E-state index is -0.0335. The van der Waals surface area contributed by atoms with Crippen LogP contribution in [0, 0.1) is 18.3 Å². The Morgan fingerprint density at radius 3 is 2.71 bits per heavy atom. The fraction of sp³-hybridized carbons (Fsp3) is 0.250. The maximum atomic E-state index is 9.15. The Kier molecular flexibility index (Phi) is 6.37. The van der Waals surface area contributed by atoms with Gasteiger partial charge in [-0.2, -0.15) is 10.4 Å². The molecule has 1 N–H and O–H groups in total. The Morgan fingerprint density at radius 2 is 1.94 bits per heavy atom. The summed E-state index contributed by atoms with van der Waals surface area (Å²) in [5.41, 5.74) is 7.85. The topological polar surface area (TPSA) is 75.8 Å². The third-order valence-electron chi connectivity index (χ3n) is 6.19. The van der Waals surface area contributed by atoms with E-state index >= 15 is 0 Å². The summed E-state index contributed by atoms with van der Waals surface area (Å²) in [5, 5.41) is 17.6. The lowest BCUT2D eigenvalue weighted by molar-refractivity contribution is -0.0408. The van der Waals surface area contributed by atoms with Crippen molar-refractivity contribution in [3.05, 3.63) is 89.9 Å². The summed E-state index contributed by atoms with van der Waals surface area (Å²) in [6, 6.07) is 22.4. The number of hydrogen-bond acceptors (Lipinski definition) is 5. The van der Waals surface area contributed by atoms with Gasteiger partial charge in [0.2, 0.25) is 0 Å². The van der Waals surface area contributed by atoms with E-state index in [2.05, 4.69) is 40.6 Å². The number of pyridine rings is 1. The van der Waals surface area contributed by atoms with Crippen LogP contribution in [0.25, 0.3) is 22.4 Å². The van der Waals surface area contributed by atoms with Gasteiger partial charge in [-0.1, -0.05) is 36.4 Å². The van der Waals surface area contributed by atoms with Crippen molar-refractivity contribution < 1.29 is 4.74 Å². The fourth-order valence-electron chi connectivity index (χ4n) is 4.41. The van der Waals surface area contributed by atoms with Gasteiger partial charge in [0.1, 0.15) is 0 Å². The van der Waals surface area contributed by atoms with Crippen LogP contribution >= 0.6 is 0 Å². The maximum absolute atomic E-state index is 9.15. The third kappa shape index (κ3) is 4.70. The van der Waals surface area contributed by atoms with E-state index in [1.807, 2.05) is 60.4 Å². The van der Waals surface area contributed by atoms with Crippen LogP contribution in [0.1, 0.15) is 42.3 Å². The molecule has 0 saturated carbocycles. The predicted molar refractivity (Wildman–Crippen MR) is 133 cm³/mol. The van der Waals surface area contributed by atoms with Gasteiger partial charge in [0.15, 0.2) is 6.23 Å². The van der Waals surface area contributed by atoms with E-state index in [-0.39, 0.29) is 6.23 Å². The molecule has 2 aromatic carbocycles. The van der Waals surface area contributed by atoms with E-state index < -0.39 is 0 Å². The third-order valence-corrected chi connectivity index (χ3v) is 6.19. The molecule has 1 saturated heterocycles. The lowest BCUT2D eigenvalue weighted by atomic mass is 10.00. The molecule has 1 aliphatic rings. The lowest BCUT2D eigenvalue weighted by Gasteiger charge is -2.24. The number of nitrogens with one attached hydrogen (secondary N) is 1. The molecule has 0 bridgehead atoms. The van der Waals surface area contributed by atoms with Crippen LogP contribution in [0.3, 0.4) is 0 Å². The summed E-state index contributed by atoms with van der Waals surface area (Å²) < 4.78 is 8.09. The Morgan fingerprint density at radius 1 is 1.06 bits per heavy atom. The van der Waals surface area contributed by atoms with E-state index in [0.29, 0.717) is 12.1 Å². The van der Waals surface area contributed by atoms with Crippen LogP contribution in [0.15, 0.2) is 73.1 Å². The molecule has 4 aromatic rings. The summed E-state index contributed by atoms with van der Waals surface area (Å²) in [5.74, 6) is 0. The summed E-state index contributed by atoms with van der Waals surface area (Å²) in [6.45, 7) is 3.40. The Balaban J connectivity index is 1.40. The van der Waals surface area contributed by atoms with Gasteiger partial charge in [-0.05, 0) is 61.6 Å². The quantitative estimate of drug-likeness (QED) is 0.385. The molecule has 170 valence electrons. The van der Waals surface area contributed by atoms with Crippen LogP contribution in [0.4, 0.5) is 5.69 Å². The largest absolute Gasteiger partial charge is 0.378 e. The molecule has 1 fully saturated rings. The Labute approximate surface area is 199 Å². The Hall–Kier alpha value is -3.95. The molecule has 6 nitrogen and oxygen atoms in total. The van der Waals surface area contributed by atoms with E-state index in [1.54, 1.807) is 0 Å². The van der Waals surface area contributed by atoms with E-state index in [0.717, 1.165) is 65.2 Å². The number of ether oxygens (including phenoxy) is 1. The summed E-state index contributed by atoms with van der Waals surface area (Å²) in [4.78, 5) is 4.45. The van der Waals surface area contributed by atoms with Crippen molar-refractivity contribution in [1.82, 2.24) is 14.8 Å². The second kappa shape index (κ2) is 9.90. The molecular formula is C28H27N5O. The van der Waals surface area contributed by atoms with Gasteiger partial charge in [-0.3, -0.25) is 4.98 Å². The number of aromatic nitrogens is 3. The highest BCUT2D eigenvalue weighted by Crippen LogP contribution is 2.29. The summed E-state index contributed by atoms with van der Waals surface area (Å²) in [7, 11) is 0. The van der Waals surface area contributed by atoms with Crippen LogP contribution < -0.4 is 5.32 Å². The zero-order valence-corrected chi connectivity index (χ0v) is 19.2. The van der Waals surface area contributed by atoms with Crippen LogP contribution in [-0.2, 0) is 11.3 Å². The molecule has 1 unspecified atom stereocenters. The van der Waals surface area contributed by atoms with E-state index in [9.17, 15) is 0 Å². The average molecular weight is 450 g/mol. The molecule has 34 heavy (non-hydrogen) atoms. The first kappa shape index (κ1) is 21.9. The number of hydrogen-bond donors (Lipinski definition) is 1. The average Bonchev–Trinajstić information content (AvgIpc) is 3.33.